The van der Waals surface area contributed by atoms with Crippen LogP contribution in [0.1, 0.15) is 0 Å². The molecule has 0 rings (SSSR count). The van der Waals surface area contributed by atoms with Gasteiger partial charge < -0.3 is 0 Å². The van der Waals surface area contributed by atoms with Gasteiger partial charge in [0.1, 0.15) is 4.66 Å². The van der Waals surface area contributed by atoms with Crippen molar-refractivity contribution in [2.75, 3.05) is 4.66 Å². The van der Waals surface area contributed by atoms with E-state index in [1.807, 2.05) is 0 Å². The Morgan fingerprint density at radius 1 is 1.67 bits per heavy atom. The van der Waals surface area contributed by atoms with Crippen LogP contribution in [-0.2, 0) is 10.0 Å². The van der Waals surface area contributed by atoms with Gasteiger partial charge in [0.25, 0.3) is 0 Å². The van der Waals surface area contributed by atoms with Crippen LogP contribution >= 0.6 is 15.9 Å². The van der Waals surface area contributed by atoms with E-state index in [9.17, 15) is 8.42 Å². The standard InChI is InChI=1S/CH3BrNO2S/c2-1-6(3,4)5/h3H,1H2. The largest absolute Gasteiger partial charge is 0.235 e. The highest BCUT2D eigenvalue weighted by atomic mass is 79.9. The van der Waals surface area contributed by atoms with Gasteiger partial charge in [-0.1, -0.05) is 15.9 Å². The van der Waals surface area contributed by atoms with Crippen LogP contribution in [0.2, 0.25) is 0 Å². The van der Waals surface area contributed by atoms with Crippen LogP contribution in [0.15, 0.2) is 0 Å². The first-order valence-corrected chi connectivity index (χ1v) is 3.87. The van der Waals surface area contributed by atoms with Gasteiger partial charge in [0.2, 0.25) is 10.0 Å². The summed E-state index contributed by atoms with van der Waals surface area (Å²) in [5.74, 6) is 0. The summed E-state index contributed by atoms with van der Waals surface area (Å²) in [5, 5.41) is 6.11. The van der Waals surface area contributed by atoms with Crippen molar-refractivity contribution in [2.45, 2.75) is 0 Å². The van der Waals surface area contributed by atoms with Gasteiger partial charge in [-0.15, -0.1) is 5.14 Å². The third-order valence-electron chi connectivity index (χ3n) is 0.144. The summed E-state index contributed by atoms with van der Waals surface area (Å²) in [4.78, 5) is 0. The van der Waals surface area contributed by atoms with E-state index in [2.05, 4.69) is 15.9 Å². The monoisotopic (exact) mass is 172 g/mol. The Kier molecular flexibility index (Phi) is 2.03. The molecule has 6 heavy (non-hydrogen) atoms. The minimum atomic E-state index is -3.50. The van der Waals surface area contributed by atoms with Crippen molar-refractivity contribution < 1.29 is 8.42 Å². The topological polar surface area (TPSA) is 57.9 Å². The summed E-state index contributed by atoms with van der Waals surface area (Å²) in [6, 6.07) is 0. The fourth-order valence-corrected chi connectivity index (χ4v) is 0. The minimum Gasteiger partial charge on any atom is -0.210 e. The van der Waals surface area contributed by atoms with E-state index in [0.717, 1.165) is 0 Å². The molecule has 0 spiro atoms. The first kappa shape index (κ1) is 6.39. The first-order valence-electron chi connectivity index (χ1n) is 1.09. The van der Waals surface area contributed by atoms with Crippen molar-refractivity contribution in [2.24, 2.45) is 0 Å². The van der Waals surface area contributed by atoms with Crippen LogP contribution in [0.4, 0.5) is 0 Å². The van der Waals surface area contributed by atoms with Crippen molar-refractivity contribution in [3.05, 3.63) is 0 Å². The molecule has 0 aliphatic rings. The molecule has 0 amide bonds. The number of sulfonamides is 1. The Bertz CT molecular complexity index is 116. The van der Waals surface area contributed by atoms with Crippen molar-refractivity contribution in [3.63, 3.8) is 0 Å². The third kappa shape index (κ3) is 4.39. The molecule has 0 bridgehead atoms. The molecule has 0 aliphatic heterocycles. The van der Waals surface area contributed by atoms with E-state index in [-0.39, 0.29) is 4.66 Å². The van der Waals surface area contributed by atoms with Crippen LogP contribution in [0.5, 0.6) is 0 Å². The predicted octanol–water partition coefficient (Wildman–Crippen LogP) is -0.0485. The predicted molar refractivity (Wildman–Crippen MR) is 25.8 cm³/mol. The zero-order valence-electron chi connectivity index (χ0n) is 2.81. The second-order valence-corrected chi connectivity index (χ2v) is 3.55. The summed E-state index contributed by atoms with van der Waals surface area (Å²) in [6.45, 7) is 0. The summed E-state index contributed by atoms with van der Waals surface area (Å²) < 4.78 is 19.0. The molecule has 0 atom stereocenters. The van der Waals surface area contributed by atoms with E-state index in [1.54, 1.807) is 0 Å². The smallest absolute Gasteiger partial charge is 0.210 e. The Morgan fingerprint density at radius 2 is 1.83 bits per heavy atom. The average molecular weight is 173 g/mol. The summed E-state index contributed by atoms with van der Waals surface area (Å²) in [5.41, 5.74) is 0. The van der Waals surface area contributed by atoms with Crippen LogP contribution < -0.4 is 5.14 Å². The van der Waals surface area contributed by atoms with Crippen LogP contribution in [0, 0.1) is 0 Å². The van der Waals surface area contributed by atoms with Crippen LogP contribution in [-0.4, -0.2) is 13.1 Å². The van der Waals surface area contributed by atoms with Crippen molar-refractivity contribution in [3.8, 4) is 0 Å². The minimum absolute atomic E-state index is 0.278. The lowest BCUT2D eigenvalue weighted by molar-refractivity contribution is 0.601. The molecule has 5 heteroatoms. The molecule has 1 radical (unpaired) electrons. The molecule has 0 unspecified atom stereocenters. The fourth-order valence-electron chi connectivity index (χ4n) is 0. The quantitative estimate of drug-likeness (QED) is 0.522. The number of nitrogens with one attached hydrogen (secondary N) is 1. The maximum Gasteiger partial charge on any atom is 0.235 e. The maximum atomic E-state index is 9.62. The van der Waals surface area contributed by atoms with Gasteiger partial charge in [-0.05, 0) is 0 Å². The number of halogens is 1. The molecule has 1 N–H and O–H groups in total. The molecular formula is CH3BrNO2S. The molecule has 0 aliphatic carbocycles. The van der Waals surface area contributed by atoms with E-state index in [4.69, 9.17) is 5.14 Å². The van der Waals surface area contributed by atoms with Crippen molar-refractivity contribution >= 4 is 26.0 Å². The number of alkyl halides is 1. The second-order valence-electron chi connectivity index (χ2n) is 0.724. The second kappa shape index (κ2) is 1.90. The highest BCUT2D eigenvalue weighted by molar-refractivity contribution is 9.10. The molecule has 0 aromatic heterocycles. The fraction of sp³-hybridized carbons (Fsp3) is 1.00. The van der Waals surface area contributed by atoms with Crippen LogP contribution in [0.3, 0.4) is 0 Å². The zero-order chi connectivity index (χ0) is 5.21. The summed E-state index contributed by atoms with van der Waals surface area (Å²) in [6.07, 6.45) is 0. The Hall–Kier alpha value is 0.390. The molecule has 37 valence electrons. The van der Waals surface area contributed by atoms with Crippen molar-refractivity contribution in [1.82, 2.24) is 5.14 Å². The first-order chi connectivity index (χ1) is 2.56. The molecule has 0 heterocycles. The van der Waals surface area contributed by atoms with Gasteiger partial charge in [-0.25, -0.2) is 8.42 Å². The molecule has 0 aromatic rings. The van der Waals surface area contributed by atoms with Crippen molar-refractivity contribution in [1.29, 1.82) is 0 Å². The third-order valence-corrected chi connectivity index (χ3v) is 2.24. The van der Waals surface area contributed by atoms with Gasteiger partial charge in [0, 0.05) is 0 Å². The normalized spacial score (nSPS) is 11.7. The van der Waals surface area contributed by atoms with Gasteiger partial charge in [-0.3, -0.25) is 0 Å². The van der Waals surface area contributed by atoms with Gasteiger partial charge in [0.15, 0.2) is 0 Å². The number of rotatable bonds is 1. The molecule has 0 fully saturated rings. The average Bonchev–Trinajstić information content (AvgIpc) is 1.35. The van der Waals surface area contributed by atoms with Crippen LogP contribution in [0.25, 0.3) is 0 Å². The van der Waals surface area contributed by atoms with E-state index < -0.39 is 10.0 Å². The van der Waals surface area contributed by atoms with Gasteiger partial charge in [-0.2, -0.15) is 0 Å². The molecular weight excluding hydrogens is 170 g/mol. The van der Waals surface area contributed by atoms with E-state index >= 15 is 0 Å². The summed E-state index contributed by atoms with van der Waals surface area (Å²) in [7, 11) is -3.50. The molecule has 0 saturated heterocycles. The van der Waals surface area contributed by atoms with Gasteiger partial charge in [0.05, 0.1) is 0 Å². The van der Waals surface area contributed by atoms with E-state index in [0.29, 0.717) is 0 Å². The lowest BCUT2D eigenvalue weighted by Gasteiger charge is -1.78. The molecule has 0 saturated carbocycles. The Labute approximate surface area is 44.7 Å². The highest BCUT2D eigenvalue weighted by Gasteiger charge is 1.94. The highest BCUT2D eigenvalue weighted by Crippen LogP contribution is 1.85. The number of hydrogen-bond acceptors (Lipinski definition) is 2. The Morgan fingerprint density at radius 3 is 1.83 bits per heavy atom. The summed E-state index contributed by atoms with van der Waals surface area (Å²) >= 11 is 2.59. The van der Waals surface area contributed by atoms with E-state index in [1.165, 1.54) is 0 Å². The lowest BCUT2D eigenvalue weighted by Crippen LogP contribution is -1.98. The SMILES string of the molecule is [NH]S(=O)(=O)CBr. The van der Waals surface area contributed by atoms with Gasteiger partial charge >= 0.3 is 0 Å². The molecule has 0 aromatic carbocycles. The zero-order valence-corrected chi connectivity index (χ0v) is 5.21. The maximum absolute atomic E-state index is 9.62. The Balaban J connectivity index is 3.85. The lowest BCUT2D eigenvalue weighted by atomic mass is 11.9. The molecule has 3 nitrogen and oxygen atoms in total. The number of hydrogen-bond donors (Lipinski definition) is 0.